The topological polar surface area (TPSA) is 29.3 Å². The highest BCUT2D eigenvalue weighted by Gasteiger charge is 2.16. The van der Waals surface area contributed by atoms with E-state index in [4.69, 9.17) is 5.73 Å². The average Bonchev–Trinajstić information content (AvgIpc) is 2.26. The molecule has 0 saturated heterocycles. The van der Waals surface area contributed by atoms with Crippen molar-refractivity contribution in [2.45, 2.75) is 46.6 Å². The van der Waals surface area contributed by atoms with Crippen molar-refractivity contribution in [2.24, 2.45) is 11.1 Å². The summed E-state index contributed by atoms with van der Waals surface area (Å²) in [5, 5.41) is 0. The molecule has 0 fully saturated rings. The monoisotopic (exact) mass is 326 g/mol. The molecule has 0 radical (unpaired) electrons. The highest BCUT2D eigenvalue weighted by molar-refractivity contribution is 9.10. The fraction of sp³-hybridized carbons (Fsp3) is 0.625. The van der Waals surface area contributed by atoms with Gasteiger partial charge in [-0.3, -0.25) is 0 Å². The quantitative estimate of drug-likeness (QED) is 0.878. The Bertz CT molecular complexity index is 410. The maximum Gasteiger partial charge on any atom is 0.0508 e. The number of hydrogen-bond donors (Lipinski definition) is 1. The molecule has 0 amide bonds. The molecule has 1 aromatic carbocycles. The fourth-order valence-corrected chi connectivity index (χ4v) is 2.96. The molecule has 108 valence electrons. The van der Waals surface area contributed by atoms with E-state index in [1.807, 2.05) is 0 Å². The van der Waals surface area contributed by atoms with Crippen molar-refractivity contribution in [3.05, 3.63) is 28.2 Å². The Labute approximate surface area is 126 Å². The molecule has 2 N–H and O–H groups in total. The lowest BCUT2D eigenvalue weighted by Gasteiger charge is -2.29. The third-order valence-electron chi connectivity index (χ3n) is 3.16. The van der Waals surface area contributed by atoms with Crippen LogP contribution in [0.15, 0.2) is 22.7 Å². The molecule has 1 rings (SSSR count). The van der Waals surface area contributed by atoms with Gasteiger partial charge in [-0.15, -0.1) is 0 Å². The number of halogens is 1. The number of hydrogen-bond acceptors (Lipinski definition) is 2. The second kappa shape index (κ2) is 6.76. The summed E-state index contributed by atoms with van der Waals surface area (Å²) >= 11 is 3.68. The number of rotatable bonds is 5. The normalized spacial score (nSPS) is 13.4. The maximum absolute atomic E-state index is 6.01. The lowest BCUT2D eigenvalue weighted by Crippen LogP contribution is -2.29. The van der Waals surface area contributed by atoms with Crippen LogP contribution in [0.4, 0.5) is 5.69 Å². The summed E-state index contributed by atoms with van der Waals surface area (Å²) < 4.78 is 1.15. The van der Waals surface area contributed by atoms with Crippen molar-refractivity contribution in [3.63, 3.8) is 0 Å². The zero-order valence-corrected chi connectivity index (χ0v) is 14.4. The first-order chi connectivity index (χ1) is 8.73. The van der Waals surface area contributed by atoms with Crippen molar-refractivity contribution in [2.75, 3.05) is 18.5 Å². The molecule has 0 aromatic heterocycles. The van der Waals surface area contributed by atoms with E-state index in [-0.39, 0.29) is 11.5 Å². The molecule has 1 aromatic rings. The largest absolute Gasteiger partial charge is 0.373 e. The smallest absolute Gasteiger partial charge is 0.0508 e. The summed E-state index contributed by atoms with van der Waals surface area (Å²) in [7, 11) is 2.14. The Morgan fingerprint density at radius 1 is 1.32 bits per heavy atom. The van der Waals surface area contributed by atoms with Gasteiger partial charge in [0.1, 0.15) is 0 Å². The summed E-state index contributed by atoms with van der Waals surface area (Å²) in [5.74, 6) is 0. The van der Waals surface area contributed by atoms with Gasteiger partial charge < -0.3 is 10.6 Å². The van der Waals surface area contributed by atoms with E-state index in [2.05, 4.69) is 73.8 Å². The summed E-state index contributed by atoms with van der Waals surface area (Å²) in [5.41, 5.74) is 8.84. The van der Waals surface area contributed by atoms with Crippen molar-refractivity contribution in [3.8, 4) is 0 Å². The van der Waals surface area contributed by atoms with E-state index in [0.717, 1.165) is 23.9 Å². The fourth-order valence-electron chi connectivity index (χ4n) is 2.23. The molecular formula is C16H27BrN2. The first kappa shape index (κ1) is 16.5. The Hall–Kier alpha value is -0.540. The highest BCUT2D eigenvalue weighted by atomic mass is 79.9. The van der Waals surface area contributed by atoms with E-state index in [1.54, 1.807) is 0 Å². The first-order valence-electron chi connectivity index (χ1n) is 6.98. The predicted molar refractivity (Wildman–Crippen MR) is 88.8 cm³/mol. The van der Waals surface area contributed by atoms with Gasteiger partial charge >= 0.3 is 0 Å². The van der Waals surface area contributed by atoms with Crippen LogP contribution < -0.4 is 10.6 Å². The average molecular weight is 327 g/mol. The molecule has 1 atom stereocenters. The second-order valence-corrected chi connectivity index (χ2v) is 7.43. The Morgan fingerprint density at radius 2 is 1.95 bits per heavy atom. The van der Waals surface area contributed by atoms with Gasteiger partial charge in [0.05, 0.1) is 5.69 Å². The zero-order chi connectivity index (χ0) is 14.6. The van der Waals surface area contributed by atoms with E-state index in [0.29, 0.717) is 0 Å². The minimum atomic E-state index is 0.255. The van der Waals surface area contributed by atoms with Gasteiger partial charge in [-0.2, -0.15) is 0 Å². The Balaban J connectivity index is 2.82. The van der Waals surface area contributed by atoms with Crippen LogP contribution in [0.3, 0.4) is 0 Å². The van der Waals surface area contributed by atoms with E-state index >= 15 is 0 Å². The molecule has 1 unspecified atom stereocenters. The Kier molecular flexibility index (Phi) is 5.87. The molecule has 0 aliphatic carbocycles. The number of benzene rings is 1. The molecule has 0 saturated carbocycles. The minimum Gasteiger partial charge on any atom is -0.373 e. The molecule has 19 heavy (non-hydrogen) atoms. The summed E-state index contributed by atoms with van der Waals surface area (Å²) in [4.78, 5) is 2.30. The molecular weight excluding hydrogens is 300 g/mol. The van der Waals surface area contributed by atoms with Gasteiger partial charge in [0.15, 0.2) is 0 Å². The third kappa shape index (κ3) is 5.53. The standard InChI is InChI=1S/C16H27BrN2/c1-6-13(18)9-12-7-8-15(14(17)10-12)19(5)11-16(2,3)4/h7-8,10,13H,6,9,11,18H2,1-5H3. The van der Waals surface area contributed by atoms with Crippen LogP contribution in [0.1, 0.15) is 39.7 Å². The lowest BCUT2D eigenvalue weighted by molar-refractivity contribution is 0.419. The summed E-state index contributed by atoms with van der Waals surface area (Å²) in [6, 6.07) is 6.83. The Morgan fingerprint density at radius 3 is 2.42 bits per heavy atom. The van der Waals surface area contributed by atoms with Crippen LogP contribution in [-0.2, 0) is 6.42 Å². The van der Waals surface area contributed by atoms with Gasteiger partial charge in [-0.25, -0.2) is 0 Å². The highest BCUT2D eigenvalue weighted by Crippen LogP contribution is 2.29. The van der Waals surface area contributed by atoms with Crippen molar-refractivity contribution >= 4 is 21.6 Å². The molecule has 0 bridgehead atoms. The summed E-state index contributed by atoms with van der Waals surface area (Å²) in [6.07, 6.45) is 1.96. The van der Waals surface area contributed by atoms with Gasteiger partial charge in [0.2, 0.25) is 0 Å². The number of anilines is 1. The maximum atomic E-state index is 6.01. The number of nitrogens with two attached hydrogens (primary N) is 1. The molecule has 0 aliphatic heterocycles. The van der Waals surface area contributed by atoms with Crippen LogP contribution in [0.2, 0.25) is 0 Å². The molecule has 0 aliphatic rings. The van der Waals surface area contributed by atoms with Gasteiger partial charge in [0, 0.05) is 24.1 Å². The SMILES string of the molecule is CCC(N)Cc1ccc(N(C)CC(C)(C)C)c(Br)c1. The summed E-state index contributed by atoms with van der Waals surface area (Å²) in [6.45, 7) is 9.93. The van der Waals surface area contributed by atoms with Gasteiger partial charge in [-0.1, -0.05) is 33.8 Å². The predicted octanol–water partition coefficient (Wildman–Crippen LogP) is 4.21. The second-order valence-electron chi connectivity index (χ2n) is 6.57. The molecule has 0 spiro atoms. The van der Waals surface area contributed by atoms with Crippen molar-refractivity contribution in [1.82, 2.24) is 0 Å². The zero-order valence-electron chi connectivity index (χ0n) is 12.8. The molecule has 3 heteroatoms. The van der Waals surface area contributed by atoms with Crippen LogP contribution in [0, 0.1) is 5.41 Å². The number of nitrogens with zero attached hydrogens (tertiary/aromatic N) is 1. The van der Waals surface area contributed by atoms with Crippen LogP contribution in [0.5, 0.6) is 0 Å². The van der Waals surface area contributed by atoms with Gasteiger partial charge in [0.25, 0.3) is 0 Å². The van der Waals surface area contributed by atoms with Crippen molar-refractivity contribution in [1.29, 1.82) is 0 Å². The van der Waals surface area contributed by atoms with E-state index in [9.17, 15) is 0 Å². The van der Waals surface area contributed by atoms with E-state index in [1.165, 1.54) is 11.3 Å². The minimum absolute atomic E-state index is 0.255. The van der Waals surface area contributed by atoms with Crippen LogP contribution in [0.25, 0.3) is 0 Å². The van der Waals surface area contributed by atoms with E-state index < -0.39 is 0 Å². The first-order valence-corrected chi connectivity index (χ1v) is 7.77. The molecule has 0 heterocycles. The molecule has 2 nitrogen and oxygen atoms in total. The lowest BCUT2D eigenvalue weighted by atomic mass is 9.96. The van der Waals surface area contributed by atoms with Crippen molar-refractivity contribution < 1.29 is 0 Å². The van der Waals surface area contributed by atoms with Crippen LogP contribution in [-0.4, -0.2) is 19.6 Å². The third-order valence-corrected chi connectivity index (χ3v) is 3.79. The van der Waals surface area contributed by atoms with Gasteiger partial charge in [-0.05, 0) is 51.9 Å². The van der Waals surface area contributed by atoms with Crippen LogP contribution >= 0.6 is 15.9 Å².